The van der Waals surface area contributed by atoms with Crippen LogP contribution in [-0.4, -0.2) is 50.8 Å². The van der Waals surface area contributed by atoms with E-state index in [0.717, 1.165) is 17.0 Å². The second-order valence-electron chi connectivity index (χ2n) is 5.21. The molecule has 2 N–H and O–H groups in total. The van der Waals surface area contributed by atoms with Crippen LogP contribution >= 0.6 is 0 Å². The number of hydrogen-bond donors (Lipinski definition) is 2. The first-order valence-electron chi connectivity index (χ1n) is 7.29. The average Bonchev–Trinajstić information content (AvgIpc) is 2.44. The summed E-state index contributed by atoms with van der Waals surface area (Å²) in [6.07, 6.45) is -0.343. The molecular formula is C16H27NO4. The lowest BCUT2D eigenvalue weighted by Gasteiger charge is -2.15. The molecule has 1 rings (SSSR count). The molecule has 0 amide bonds. The number of anilines is 1. The molecule has 0 aliphatic carbocycles. The van der Waals surface area contributed by atoms with Crippen molar-refractivity contribution in [2.75, 3.05) is 38.8 Å². The maximum Gasteiger partial charge on any atom is 0.121 e. The van der Waals surface area contributed by atoms with Crippen LogP contribution in [0.4, 0.5) is 5.69 Å². The van der Waals surface area contributed by atoms with Crippen molar-refractivity contribution in [3.05, 3.63) is 23.8 Å². The number of hydrogen-bond acceptors (Lipinski definition) is 5. The minimum absolute atomic E-state index is 0.207. The smallest absolute Gasteiger partial charge is 0.121 e. The van der Waals surface area contributed by atoms with Crippen molar-refractivity contribution < 1.29 is 19.3 Å². The van der Waals surface area contributed by atoms with E-state index < -0.39 is 6.10 Å². The molecule has 0 saturated carbocycles. The third-order valence-electron chi connectivity index (χ3n) is 2.93. The molecule has 21 heavy (non-hydrogen) atoms. The Labute approximate surface area is 127 Å². The Morgan fingerprint density at radius 1 is 1.24 bits per heavy atom. The summed E-state index contributed by atoms with van der Waals surface area (Å²) in [5.41, 5.74) is 2.01. The van der Waals surface area contributed by atoms with Crippen LogP contribution < -0.4 is 10.1 Å². The van der Waals surface area contributed by atoms with Gasteiger partial charge < -0.3 is 24.6 Å². The predicted molar refractivity (Wildman–Crippen MR) is 84.1 cm³/mol. The molecule has 5 heteroatoms. The highest BCUT2D eigenvalue weighted by Gasteiger charge is 2.05. The SMILES string of the molecule is COc1ccc(NCC(O)COCCOC(C)C)cc1C. The number of methoxy groups -OCH3 is 1. The third-order valence-corrected chi connectivity index (χ3v) is 2.93. The largest absolute Gasteiger partial charge is 0.496 e. The Morgan fingerprint density at radius 3 is 2.62 bits per heavy atom. The summed E-state index contributed by atoms with van der Waals surface area (Å²) < 4.78 is 15.9. The Hall–Kier alpha value is -1.30. The summed E-state index contributed by atoms with van der Waals surface area (Å²) in [6.45, 7) is 7.73. The summed E-state index contributed by atoms with van der Waals surface area (Å²) in [4.78, 5) is 0. The van der Waals surface area contributed by atoms with Crippen LogP contribution in [0.1, 0.15) is 19.4 Å². The predicted octanol–water partition coefficient (Wildman–Crippen LogP) is 2.22. The van der Waals surface area contributed by atoms with Gasteiger partial charge in [-0.25, -0.2) is 0 Å². The van der Waals surface area contributed by atoms with Gasteiger partial charge in [-0.1, -0.05) is 0 Å². The van der Waals surface area contributed by atoms with E-state index >= 15 is 0 Å². The van der Waals surface area contributed by atoms with Crippen LogP contribution in [0.15, 0.2) is 18.2 Å². The molecule has 1 aromatic rings. The topological polar surface area (TPSA) is 60.0 Å². The van der Waals surface area contributed by atoms with E-state index in [1.165, 1.54) is 0 Å². The molecule has 120 valence electrons. The van der Waals surface area contributed by atoms with Gasteiger partial charge in [-0.2, -0.15) is 0 Å². The first kappa shape index (κ1) is 17.8. The lowest BCUT2D eigenvalue weighted by atomic mass is 10.2. The van der Waals surface area contributed by atoms with Crippen molar-refractivity contribution in [3.8, 4) is 5.75 Å². The molecule has 0 saturated heterocycles. The average molecular weight is 297 g/mol. The van der Waals surface area contributed by atoms with Crippen LogP contribution in [0.25, 0.3) is 0 Å². The maximum atomic E-state index is 9.84. The van der Waals surface area contributed by atoms with Gasteiger partial charge in [-0.05, 0) is 44.5 Å². The Kier molecular flexibility index (Phi) is 8.12. The lowest BCUT2D eigenvalue weighted by Crippen LogP contribution is -2.25. The van der Waals surface area contributed by atoms with Crippen molar-refractivity contribution in [2.45, 2.75) is 33.0 Å². The van der Waals surface area contributed by atoms with E-state index in [1.54, 1.807) is 7.11 Å². The molecule has 0 radical (unpaired) electrons. The summed E-state index contributed by atoms with van der Waals surface area (Å²) >= 11 is 0. The quantitative estimate of drug-likeness (QED) is 0.649. The fourth-order valence-corrected chi connectivity index (χ4v) is 1.85. The van der Waals surface area contributed by atoms with E-state index in [-0.39, 0.29) is 6.10 Å². The fraction of sp³-hybridized carbons (Fsp3) is 0.625. The van der Waals surface area contributed by atoms with Gasteiger partial charge in [0.1, 0.15) is 5.75 Å². The zero-order valence-corrected chi connectivity index (χ0v) is 13.4. The van der Waals surface area contributed by atoms with Gasteiger partial charge >= 0.3 is 0 Å². The summed E-state index contributed by atoms with van der Waals surface area (Å²) in [7, 11) is 1.65. The van der Waals surface area contributed by atoms with E-state index in [9.17, 15) is 5.11 Å². The van der Waals surface area contributed by atoms with Crippen LogP contribution in [0.3, 0.4) is 0 Å². The molecule has 0 spiro atoms. The monoisotopic (exact) mass is 297 g/mol. The standard InChI is InChI=1S/C16H27NO4/c1-12(2)21-8-7-20-11-15(18)10-17-14-5-6-16(19-4)13(3)9-14/h5-6,9,12,15,17-18H,7-8,10-11H2,1-4H3. The number of aliphatic hydroxyl groups excluding tert-OH is 1. The van der Waals surface area contributed by atoms with Gasteiger partial charge in [-0.15, -0.1) is 0 Å². The number of rotatable bonds is 10. The van der Waals surface area contributed by atoms with Crippen LogP contribution in [-0.2, 0) is 9.47 Å². The third kappa shape index (κ3) is 7.32. The molecule has 0 heterocycles. The molecule has 0 bridgehead atoms. The van der Waals surface area contributed by atoms with Gasteiger partial charge in [0.25, 0.3) is 0 Å². The van der Waals surface area contributed by atoms with E-state index in [1.807, 2.05) is 39.0 Å². The maximum absolute atomic E-state index is 9.84. The lowest BCUT2D eigenvalue weighted by molar-refractivity contribution is -0.00734. The second kappa shape index (κ2) is 9.60. The summed E-state index contributed by atoms with van der Waals surface area (Å²) in [5, 5.41) is 13.0. The first-order chi connectivity index (χ1) is 10.0. The van der Waals surface area contributed by atoms with Crippen LogP contribution in [0, 0.1) is 6.92 Å². The Balaban J connectivity index is 2.20. The molecule has 0 aliphatic rings. The van der Waals surface area contributed by atoms with Crippen LogP contribution in [0.5, 0.6) is 5.75 Å². The van der Waals surface area contributed by atoms with Crippen molar-refractivity contribution in [2.24, 2.45) is 0 Å². The number of ether oxygens (including phenoxy) is 3. The highest BCUT2D eigenvalue weighted by molar-refractivity contribution is 5.50. The first-order valence-corrected chi connectivity index (χ1v) is 7.29. The van der Waals surface area contributed by atoms with Crippen molar-refractivity contribution in [1.82, 2.24) is 0 Å². The normalized spacial score (nSPS) is 12.5. The van der Waals surface area contributed by atoms with Crippen molar-refractivity contribution >= 4 is 5.69 Å². The zero-order valence-electron chi connectivity index (χ0n) is 13.4. The number of aryl methyl sites for hydroxylation is 1. The van der Waals surface area contributed by atoms with Gasteiger partial charge in [-0.3, -0.25) is 0 Å². The Bertz CT molecular complexity index is 409. The summed E-state index contributed by atoms with van der Waals surface area (Å²) in [5.74, 6) is 0.856. The van der Waals surface area contributed by atoms with E-state index in [0.29, 0.717) is 26.4 Å². The van der Waals surface area contributed by atoms with E-state index in [2.05, 4.69) is 5.32 Å². The molecule has 0 aromatic heterocycles. The zero-order chi connectivity index (χ0) is 15.7. The van der Waals surface area contributed by atoms with Crippen LogP contribution in [0.2, 0.25) is 0 Å². The highest BCUT2D eigenvalue weighted by Crippen LogP contribution is 2.21. The molecular weight excluding hydrogens is 270 g/mol. The van der Waals surface area contributed by atoms with E-state index in [4.69, 9.17) is 14.2 Å². The fourth-order valence-electron chi connectivity index (χ4n) is 1.85. The van der Waals surface area contributed by atoms with Crippen molar-refractivity contribution in [3.63, 3.8) is 0 Å². The molecule has 1 aromatic carbocycles. The Morgan fingerprint density at radius 2 is 2.00 bits per heavy atom. The minimum Gasteiger partial charge on any atom is -0.496 e. The van der Waals surface area contributed by atoms with Gasteiger partial charge in [0.2, 0.25) is 0 Å². The molecule has 0 fully saturated rings. The van der Waals surface area contributed by atoms with Gasteiger partial charge in [0.15, 0.2) is 0 Å². The van der Waals surface area contributed by atoms with Gasteiger partial charge in [0.05, 0.1) is 39.1 Å². The number of nitrogens with one attached hydrogen (secondary N) is 1. The molecule has 0 aliphatic heterocycles. The molecule has 1 unspecified atom stereocenters. The highest BCUT2D eigenvalue weighted by atomic mass is 16.5. The molecule has 5 nitrogen and oxygen atoms in total. The van der Waals surface area contributed by atoms with Gasteiger partial charge in [0, 0.05) is 12.2 Å². The number of aliphatic hydroxyl groups is 1. The molecule has 1 atom stereocenters. The van der Waals surface area contributed by atoms with Crippen molar-refractivity contribution in [1.29, 1.82) is 0 Å². The minimum atomic E-state index is -0.550. The second-order valence-corrected chi connectivity index (χ2v) is 5.21. The summed E-state index contributed by atoms with van der Waals surface area (Å²) in [6, 6.07) is 5.82. The number of benzene rings is 1.